The van der Waals surface area contributed by atoms with Crippen molar-refractivity contribution in [2.75, 3.05) is 5.32 Å². The van der Waals surface area contributed by atoms with Crippen LogP contribution in [0.2, 0.25) is 0 Å². The summed E-state index contributed by atoms with van der Waals surface area (Å²) in [6.45, 7) is 4.38. The number of aromatic nitrogens is 3. The number of anilines is 2. The monoisotopic (exact) mass is 447 g/mol. The molecule has 0 radical (unpaired) electrons. The minimum atomic E-state index is -4.79. The Hall–Kier alpha value is -3.32. The summed E-state index contributed by atoms with van der Waals surface area (Å²) in [6, 6.07) is 7.70. The first-order chi connectivity index (χ1) is 15.0. The summed E-state index contributed by atoms with van der Waals surface area (Å²) in [7, 11) is 0. The number of nitrogens with one attached hydrogen (secondary N) is 2. The predicted molar refractivity (Wildman–Crippen MR) is 114 cm³/mol. The normalized spacial score (nSPS) is 15.4. The number of hydrogen-bond acceptors (Lipinski definition) is 5. The molecule has 1 unspecified atom stereocenters. The third-order valence-electron chi connectivity index (χ3n) is 5.37. The number of H-pyrrole nitrogens is 1. The third-order valence-corrected chi connectivity index (χ3v) is 5.37. The topological polar surface area (TPSA) is 107 Å². The Morgan fingerprint density at radius 3 is 2.56 bits per heavy atom. The molecular weight excluding hydrogens is 423 g/mol. The van der Waals surface area contributed by atoms with Gasteiger partial charge in [-0.2, -0.15) is 23.5 Å². The average molecular weight is 447 g/mol. The summed E-state index contributed by atoms with van der Waals surface area (Å²) in [5.41, 5.74) is -2.02. The summed E-state index contributed by atoms with van der Waals surface area (Å²) in [4.78, 5) is 15.0. The minimum absolute atomic E-state index is 0.225. The highest BCUT2D eigenvalue weighted by Gasteiger charge is 2.51. The Kier molecular flexibility index (Phi) is 6.32. The van der Waals surface area contributed by atoms with Crippen LogP contribution in [0.5, 0.6) is 0 Å². The van der Waals surface area contributed by atoms with Crippen LogP contribution in [-0.2, 0) is 12.1 Å². The average Bonchev–Trinajstić information content (AvgIpc) is 3.44. The zero-order chi connectivity index (χ0) is 23.7. The number of alkyl halides is 3. The standard InChI is InChI=1S/C20H21F3N4O2.C2H3N/c1-11-9-13(5-6-14(11)19(2,29)20(21,22)23)25-17-16-15(7-8-24-18(16)28)27(26-17)10-12-3-4-12;1-2-3/h5-9,12,29H,3-4,10H2,1-2H3,(H,24,28)(H,25,26);1H3. The van der Waals surface area contributed by atoms with Crippen molar-refractivity contribution in [3.8, 4) is 6.07 Å². The van der Waals surface area contributed by atoms with Crippen molar-refractivity contribution in [2.45, 2.75) is 51.9 Å². The first-order valence-corrected chi connectivity index (χ1v) is 10.1. The molecule has 0 bridgehead atoms. The SMILES string of the molecule is CC#N.Cc1cc(Nc2nn(CC3CC3)c3cc[nH]c(=O)c23)ccc1C(C)(O)C(F)(F)F. The number of nitrogens with zero attached hydrogens (tertiary/aromatic N) is 3. The van der Waals surface area contributed by atoms with E-state index in [4.69, 9.17) is 5.26 Å². The van der Waals surface area contributed by atoms with Gasteiger partial charge >= 0.3 is 6.18 Å². The van der Waals surface area contributed by atoms with E-state index in [2.05, 4.69) is 15.4 Å². The van der Waals surface area contributed by atoms with Crippen LogP contribution in [0.3, 0.4) is 0 Å². The first kappa shape index (κ1) is 23.3. The summed E-state index contributed by atoms with van der Waals surface area (Å²) < 4.78 is 41.3. The van der Waals surface area contributed by atoms with Gasteiger partial charge in [0.15, 0.2) is 11.4 Å². The Balaban J connectivity index is 0.000000913. The van der Waals surface area contributed by atoms with E-state index in [1.807, 2.05) is 0 Å². The third kappa shape index (κ3) is 4.62. The predicted octanol–water partition coefficient (Wildman–Crippen LogP) is 4.49. The second kappa shape index (κ2) is 8.67. The number of benzene rings is 1. The van der Waals surface area contributed by atoms with E-state index in [-0.39, 0.29) is 16.7 Å². The number of hydrogen-bond donors (Lipinski definition) is 3. The number of aryl methyl sites for hydroxylation is 1. The van der Waals surface area contributed by atoms with Gasteiger partial charge in [-0.15, -0.1) is 0 Å². The molecule has 7 nitrogen and oxygen atoms in total. The lowest BCUT2D eigenvalue weighted by atomic mass is 9.91. The van der Waals surface area contributed by atoms with E-state index in [0.29, 0.717) is 34.9 Å². The minimum Gasteiger partial charge on any atom is -0.376 e. The zero-order valence-electron chi connectivity index (χ0n) is 17.9. The van der Waals surface area contributed by atoms with Gasteiger partial charge in [-0.1, -0.05) is 6.07 Å². The molecule has 0 spiro atoms. The lowest BCUT2D eigenvalue weighted by molar-refractivity contribution is -0.259. The molecule has 32 heavy (non-hydrogen) atoms. The Labute approximate surface area is 182 Å². The van der Waals surface area contributed by atoms with Gasteiger partial charge in [0.25, 0.3) is 5.56 Å². The quantitative estimate of drug-likeness (QED) is 0.534. The Morgan fingerprint density at radius 2 is 2.00 bits per heavy atom. The highest BCUT2D eigenvalue weighted by atomic mass is 19.4. The van der Waals surface area contributed by atoms with E-state index in [1.165, 1.54) is 32.0 Å². The van der Waals surface area contributed by atoms with Gasteiger partial charge in [0.2, 0.25) is 0 Å². The zero-order valence-corrected chi connectivity index (χ0v) is 17.9. The molecule has 1 aliphatic rings. The van der Waals surface area contributed by atoms with E-state index < -0.39 is 11.8 Å². The fraction of sp³-hybridized carbons (Fsp3) is 0.409. The molecule has 0 amide bonds. The van der Waals surface area contributed by atoms with Crippen molar-refractivity contribution in [1.82, 2.24) is 14.8 Å². The largest absolute Gasteiger partial charge is 0.421 e. The van der Waals surface area contributed by atoms with Gasteiger partial charge in [-0.25, -0.2) is 0 Å². The molecule has 3 aromatic rings. The molecule has 1 aliphatic carbocycles. The number of nitriles is 1. The van der Waals surface area contributed by atoms with Crippen LogP contribution >= 0.6 is 0 Å². The van der Waals surface area contributed by atoms with Crippen LogP contribution in [0.15, 0.2) is 35.3 Å². The highest BCUT2D eigenvalue weighted by Crippen LogP contribution is 2.40. The maximum atomic E-state index is 13.2. The molecule has 2 aromatic heterocycles. The molecule has 3 N–H and O–H groups in total. The number of rotatable bonds is 5. The molecule has 10 heteroatoms. The van der Waals surface area contributed by atoms with Gasteiger partial charge in [0.1, 0.15) is 5.39 Å². The summed E-state index contributed by atoms with van der Waals surface area (Å²) in [5, 5.41) is 25.2. The molecule has 4 rings (SSSR count). The van der Waals surface area contributed by atoms with Crippen LogP contribution < -0.4 is 10.9 Å². The molecule has 170 valence electrons. The van der Waals surface area contributed by atoms with E-state index >= 15 is 0 Å². The van der Waals surface area contributed by atoms with Crippen molar-refractivity contribution in [1.29, 1.82) is 5.26 Å². The number of aromatic amines is 1. The van der Waals surface area contributed by atoms with Gasteiger partial charge < -0.3 is 15.4 Å². The van der Waals surface area contributed by atoms with Crippen molar-refractivity contribution in [3.63, 3.8) is 0 Å². The Bertz CT molecular complexity index is 1220. The van der Waals surface area contributed by atoms with Crippen LogP contribution in [-0.4, -0.2) is 26.0 Å². The molecule has 1 saturated carbocycles. The number of halogens is 3. The Morgan fingerprint density at radius 1 is 1.34 bits per heavy atom. The maximum Gasteiger partial charge on any atom is 0.421 e. The highest BCUT2D eigenvalue weighted by molar-refractivity contribution is 5.91. The van der Waals surface area contributed by atoms with Gasteiger partial charge in [0, 0.05) is 25.4 Å². The fourth-order valence-corrected chi connectivity index (χ4v) is 3.49. The molecule has 1 aromatic carbocycles. The summed E-state index contributed by atoms with van der Waals surface area (Å²) >= 11 is 0. The van der Waals surface area contributed by atoms with E-state index in [9.17, 15) is 23.1 Å². The first-order valence-electron chi connectivity index (χ1n) is 10.1. The molecule has 0 saturated heterocycles. The van der Waals surface area contributed by atoms with Crippen molar-refractivity contribution in [3.05, 3.63) is 51.9 Å². The van der Waals surface area contributed by atoms with Crippen molar-refractivity contribution >= 4 is 22.4 Å². The van der Waals surface area contributed by atoms with Crippen LogP contribution in [0.4, 0.5) is 24.7 Å². The van der Waals surface area contributed by atoms with Gasteiger partial charge in [0.05, 0.1) is 11.6 Å². The fourth-order valence-electron chi connectivity index (χ4n) is 3.49. The second-order valence-corrected chi connectivity index (χ2v) is 7.99. The maximum absolute atomic E-state index is 13.2. The van der Waals surface area contributed by atoms with Crippen LogP contribution in [0.1, 0.15) is 37.8 Å². The number of pyridine rings is 1. The van der Waals surface area contributed by atoms with Crippen LogP contribution in [0.25, 0.3) is 10.9 Å². The number of fused-ring (bicyclic) bond motifs is 1. The lowest BCUT2D eigenvalue weighted by Gasteiger charge is -2.28. The molecule has 0 aliphatic heterocycles. The van der Waals surface area contributed by atoms with Gasteiger partial charge in [-0.05, 0) is 61.9 Å². The van der Waals surface area contributed by atoms with Gasteiger partial charge in [-0.3, -0.25) is 9.48 Å². The molecular formula is C22H24F3N5O2. The van der Waals surface area contributed by atoms with E-state index in [0.717, 1.165) is 19.8 Å². The van der Waals surface area contributed by atoms with Crippen molar-refractivity contribution in [2.24, 2.45) is 5.92 Å². The van der Waals surface area contributed by atoms with Crippen LogP contribution in [0, 0.1) is 24.2 Å². The summed E-state index contributed by atoms with van der Waals surface area (Å²) in [6.07, 6.45) is -0.963. The van der Waals surface area contributed by atoms with Crippen molar-refractivity contribution < 1.29 is 18.3 Å². The smallest absolute Gasteiger partial charge is 0.376 e. The van der Waals surface area contributed by atoms with E-state index in [1.54, 1.807) is 23.0 Å². The molecule has 1 atom stereocenters. The summed E-state index contributed by atoms with van der Waals surface area (Å²) in [5.74, 6) is 0.897. The molecule has 2 heterocycles. The number of aliphatic hydroxyl groups is 1. The lowest BCUT2D eigenvalue weighted by Crippen LogP contribution is -2.39. The second-order valence-electron chi connectivity index (χ2n) is 7.99. The molecule has 1 fully saturated rings.